The van der Waals surface area contributed by atoms with Crippen LogP contribution in [0.15, 0.2) is 24.8 Å². The van der Waals surface area contributed by atoms with Gasteiger partial charge in [0.25, 0.3) is 0 Å². The second-order valence-electron chi connectivity index (χ2n) is 6.64. The normalized spacial score (nSPS) is 19.8. The molecule has 2 atom stereocenters. The van der Waals surface area contributed by atoms with Crippen molar-refractivity contribution in [2.45, 2.75) is 32.9 Å². The molecule has 8 heteroatoms. The molecule has 2 aromatic heterocycles. The largest absolute Gasteiger partial charge is 0.339 e. The molecule has 0 N–H and O–H groups in total. The standard InChI is InChI=1S/C18H24N6O2/c1-5-24-16(25)8-14(17(24)15-10-21-23(4)12(15)2)18(26)22(3)11-13-9-19-6-7-20-13/h6-7,9-10,14,17H,5,8,11H2,1-4H3/t14-,17-/m0/s1. The summed E-state index contributed by atoms with van der Waals surface area (Å²) in [7, 11) is 3.60. The Balaban J connectivity index is 1.87. The van der Waals surface area contributed by atoms with Crippen LogP contribution in [-0.4, -0.2) is 55.0 Å². The van der Waals surface area contributed by atoms with Gasteiger partial charge in [-0.25, -0.2) is 0 Å². The van der Waals surface area contributed by atoms with Crippen molar-refractivity contribution < 1.29 is 9.59 Å². The van der Waals surface area contributed by atoms with E-state index in [-0.39, 0.29) is 24.3 Å². The highest BCUT2D eigenvalue weighted by atomic mass is 16.2. The van der Waals surface area contributed by atoms with E-state index in [0.717, 1.165) is 11.3 Å². The van der Waals surface area contributed by atoms with Crippen molar-refractivity contribution in [1.82, 2.24) is 29.5 Å². The topological polar surface area (TPSA) is 84.2 Å². The first-order chi connectivity index (χ1) is 12.4. The van der Waals surface area contributed by atoms with Crippen molar-refractivity contribution in [1.29, 1.82) is 0 Å². The van der Waals surface area contributed by atoms with Gasteiger partial charge in [-0.1, -0.05) is 0 Å². The minimum absolute atomic E-state index is 0.00649. The van der Waals surface area contributed by atoms with Crippen LogP contribution in [0.5, 0.6) is 0 Å². The number of rotatable bonds is 5. The molecule has 0 unspecified atom stereocenters. The molecule has 0 saturated carbocycles. The fourth-order valence-electron chi connectivity index (χ4n) is 3.59. The van der Waals surface area contributed by atoms with E-state index in [1.54, 1.807) is 46.3 Å². The quantitative estimate of drug-likeness (QED) is 0.801. The summed E-state index contributed by atoms with van der Waals surface area (Å²) < 4.78 is 1.77. The van der Waals surface area contributed by atoms with Crippen molar-refractivity contribution in [2.24, 2.45) is 13.0 Å². The fraction of sp³-hybridized carbons (Fsp3) is 0.500. The molecule has 0 aromatic carbocycles. The molecule has 3 rings (SSSR count). The number of aryl methyl sites for hydroxylation is 1. The highest BCUT2D eigenvalue weighted by Crippen LogP contribution is 2.40. The number of hydrogen-bond acceptors (Lipinski definition) is 5. The van der Waals surface area contributed by atoms with E-state index >= 15 is 0 Å². The van der Waals surface area contributed by atoms with E-state index in [1.807, 2.05) is 20.9 Å². The average Bonchev–Trinajstić information content (AvgIpc) is 3.14. The Bertz CT molecular complexity index is 803. The summed E-state index contributed by atoms with van der Waals surface area (Å²) in [6.07, 6.45) is 6.83. The van der Waals surface area contributed by atoms with Crippen LogP contribution in [0.2, 0.25) is 0 Å². The van der Waals surface area contributed by atoms with E-state index in [0.29, 0.717) is 18.8 Å². The van der Waals surface area contributed by atoms with Gasteiger partial charge in [-0.3, -0.25) is 24.2 Å². The lowest BCUT2D eigenvalue weighted by Crippen LogP contribution is -2.37. The minimum Gasteiger partial charge on any atom is -0.339 e. The Morgan fingerprint density at radius 1 is 1.35 bits per heavy atom. The van der Waals surface area contributed by atoms with Gasteiger partial charge in [0.05, 0.1) is 36.6 Å². The second kappa shape index (κ2) is 7.23. The van der Waals surface area contributed by atoms with Crippen molar-refractivity contribution in [3.63, 3.8) is 0 Å². The van der Waals surface area contributed by atoms with Crippen molar-refractivity contribution in [3.8, 4) is 0 Å². The van der Waals surface area contributed by atoms with Gasteiger partial charge < -0.3 is 9.80 Å². The van der Waals surface area contributed by atoms with Crippen molar-refractivity contribution in [3.05, 3.63) is 41.7 Å². The number of nitrogens with zero attached hydrogens (tertiary/aromatic N) is 6. The lowest BCUT2D eigenvalue weighted by molar-refractivity contribution is -0.135. The molecule has 1 aliphatic rings. The maximum absolute atomic E-state index is 13.1. The summed E-state index contributed by atoms with van der Waals surface area (Å²) in [5.41, 5.74) is 2.62. The Kier molecular flexibility index (Phi) is 5.01. The maximum Gasteiger partial charge on any atom is 0.228 e. The van der Waals surface area contributed by atoms with Gasteiger partial charge in [0.1, 0.15) is 0 Å². The van der Waals surface area contributed by atoms with E-state index < -0.39 is 5.92 Å². The maximum atomic E-state index is 13.1. The first kappa shape index (κ1) is 18.0. The molecule has 26 heavy (non-hydrogen) atoms. The Morgan fingerprint density at radius 3 is 2.69 bits per heavy atom. The molecule has 3 heterocycles. The number of aromatic nitrogens is 4. The molecule has 8 nitrogen and oxygen atoms in total. The zero-order valence-electron chi connectivity index (χ0n) is 15.6. The summed E-state index contributed by atoms with van der Waals surface area (Å²) >= 11 is 0. The fourth-order valence-corrected chi connectivity index (χ4v) is 3.59. The molecule has 0 spiro atoms. The van der Waals surface area contributed by atoms with Crippen LogP contribution in [-0.2, 0) is 23.2 Å². The SMILES string of the molecule is CCN1C(=O)C[C@H](C(=O)N(C)Cc2cnccn2)[C@H]1c1cnn(C)c1C. The lowest BCUT2D eigenvalue weighted by Gasteiger charge is -2.29. The van der Waals surface area contributed by atoms with Crippen LogP contribution in [0.25, 0.3) is 0 Å². The van der Waals surface area contributed by atoms with Crippen LogP contribution in [0.4, 0.5) is 0 Å². The molecular weight excluding hydrogens is 332 g/mol. The van der Waals surface area contributed by atoms with Crippen molar-refractivity contribution >= 4 is 11.8 Å². The van der Waals surface area contributed by atoms with Gasteiger partial charge in [-0.15, -0.1) is 0 Å². The Hall–Kier alpha value is -2.77. The number of carbonyl (C=O) groups is 2. The zero-order valence-corrected chi connectivity index (χ0v) is 15.6. The van der Waals surface area contributed by atoms with E-state index in [1.165, 1.54) is 0 Å². The molecule has 138 valence electrons. The molecule has 1 aliphatic heterocycles. The molecule has 0 radical (unpaired) electrons. The van der Waals surface area contributed by atoms with Gasteiger partial charge in [0, 0.05) is 50.7 Å². The van der Waals surface area contributed by atoms with Crippen LogP contribution in [0, 0.1) is 12.8 Å². The number of likely N-dealkylation sites (tertiary alicyclic amines) is 1. The number of hydrogen-bond donors (Lipinski definition) is 0. The number of amides is 2. The first-order valence-electron chi connectivity index (χ1n) is 8.71. The third kappa shape index (κ3) is 3.18. The number of carbonyl (C=O) groups excluding carboxylic acids is 2. The summed E-state index contributed by atoms with van der Waals surface area (Å²) in [6, 6.07) is -0.280. The summed E-state index contributed by atoms with van der Waals surface area (Å²) in [5.74, 6) is -0.479. The molecule has 2 aromatic rings. The smallest absolute Gasteiger partial charge is 0.228 e. The monoisotopic (exact) mass is 356 g/mol. The van der Waals surface area contributed by atoms with Gasteiger partial charge >= 0.3 is 0 Å². The predicted molar refractivity (Wildman–Crippen MR) is 94.7 cm³/mol. The van der Waals surface area contributed by atoms with Crippen molar-refractivity contribution in [2.75, 3.05) is 13.6 Å². The third-order valence-corrected chi connectivity index (χ3v) is 5.07. The van der Waals surface area contributed by atoms with Gasteiger partial charge in [0.15, 0.2) is 0 Å². The molecule has 0 aliphatic carbocycles. The highest BCUT2D eigenvalue weighted by molar-refractivity contribution is 5.90. The van der Waals surface area contributed by atoms with Crippen LogP contribution >= 0.6 is 0 Å². The molecule has 0 bridgehead atoms. The first-order valence-corrected chi connectivity index (χ1v) is 8.71. The van der Waals surface area contributed by atoms with E-state index in [4.69, 9.17) is 0 Å². The molecule has 1 saturated heterocycles. The van der Waals surface area contributed by atoms with Crippen LogP contribution in [0.1, 0.15) is 36.3 Å². The average molecular weight is 356 g/mol. The van der Waals surface area contributed by atoms with E-state index in [2.05, 4.69) is 15.1 Å². The summed E-state index contributed by atoms with van der Waals surface area (Å²) in [5, 5.41) is 4.30. The molecule has 1 fully saturated rings. The van der Waals surface area contributed by atoms with Gasteiger partial charge in [-0.2, -0.15) is 5.10 Å². The summed E-state index contributed by atoms with van der Waals surface area (Å²) in [6.45, 7) is 4.83. The molecule has 2 amide bonds. The second-order valence-corrected chi connectivity index (χ2v) is 6.64. The van der Waals surface area contributed by atoms with Crippen LogP contribution < -0.4 is 0 Å². The van der Waals surface area contributed by atoms with Crippen LogP contribution in [0.3, 0.4) is 0 Å². The lowest BCUT2D eigenvalue weighted by atomic mass is 9.92. The zero-order chi connectivity index (χ0) is 18.8. The van der Waals surface area contributed by atoms with E-state index in [9.17, 15) is 9.59 Å². The van der Waals surface area contributed by atoms with Gasteiger partial charge in [0.2, 0.25) is 11.8 Å². The van der Waals surface area contributed by atoms with Gasteiger partial charge in [-0.05, 0) is 13.8 Å². The Morgan fingerprint density at radius 2 is 2.12 bits per heavy atom. The molecular formula is C18H24N6O2. The predicted octanol–water partition coefficient (Wildman–Crippen LogP) is 1.09. The summed E-state index contributed by atoms with van der Waals surface area (Å²) in [4.78, 5) is 37.3. The Labute approximate surface area is 152 Å². The minimum atomic E-state index is -0.424. The third-order valence-electron chi connectivity index (χ3n) is 5.07. The highest BCUT2D eigenvalue weighted by Gasteiger charge is 2.45.